The molecule has 0 radical (unpaired) electrons. The molecular weight excluding hydrogens is 536 g/mol. The topological polar surface area (TPSA) is 105 Å². The van der Waals surface area contributed by atoms with Crippen LogP contribution >= 0.6 is 0 Å². The number of rotatable bonds is 5. The van der Waals surface area contributed by atoms with Crippen molar-refractivity contribution < 1.29 is 40.7 Å². The molecule has 16 heteroatoms. The zero-order valence-electron chi connectivity index (χ0n) is 20.4. The van der Waals surface area contributed by atoms with Crippen LogP contribution in [0.2, 0.25) is 0 Å². The number of fused-ring (bicyclic) bond motifs is 1. The van der Waals surface area contributed by atoms with Crippen LogP contribution in [0.1, 0.15) is 34.8 Å². The third kappa shape index (κ3) is 5.52. The van der Waals surface area contributed by atoms with Gasteiger partial charge in [-0.15, -0.1) is 10.2 Å². The van der Waals surface area contributed by atoms with Gasteiger partial charge in [-0.05, 0) is 37.6 Å². The van der Waals surface area contributed by atoms with E-state index >= 15 is 0 Å². The molecule has 10 nitrogen and oxygen atoms in total. The van der Waals surface area contributed by atoms with E-state index in [0.29, 0.717) is 25.1 Å². The molecule has 0 spiro atoms. The second-order valence-electron chi connectivity index (χ2n) is 9.65. The molecule has 39 heavy (non-hydrogen) atoms. The van der Waals surface area contributed by atoms with E-state index < -0.39 is 42.0 Å². The average Bonchev–Trinajstić information content (AvgIpc) is 3.53. The van der Waals surface area contributed by atoms with Gasteiger partial charge in [0.25, 0.3) is 5.91 Å². The van der Waals surface area contributed by atoms with Crippen molar-refractivity contribution in [3.05, 3.63) is 41.5 Å². The summed E-state index contributed by atoms with van der Waals surface area (Å²) in [7, 11) is 0. The van der Waals surface area contributed by atoms with Crippen LogP contribution in [-0.4, -0.2) is 80.9 Å². The number of carbonyl (C=O) groups excluding carboxylic acids is 2. The van der Waals surface area contributed by atoms with Gasteiger partial charge in [-0.3, -0.25) is 19.9 Å². The Morgan fingerprint density at radius 1 is 1.10 bits per heavy atom. The van der Waals surface area contributed by atoms with Gasteiger partial charge in [-0.1, -0.05) is 6.07 Å². The highest BCUT2D eigenvalue weighted by atomic mass is 19.4. The zero-order chi connectivity index (χ0) is 27.9. The molecule has 2 amide bonds. The molecule has 1 aromatic carbocycles. The van der Waals surface area contributed by atoms with Crippen molar-refractivity contribution in [1.82, 2.24) is 35.4 Å². The zero-order valence-corrected chi connectivity index (χ0v) is 20.4. The fraction of sp³-hybridized carbons (Fsp3) is 0.565. The normalized spacial score (nSPS) is 24.4. The molecule has 2 saturated heterocycles. The van der Waals surface area contributed by atoms with Gasteiger partial charge >= 0.3 is 12.4 Å². The lowest BCUT2D eigenvalue weighted by Crippen LogP contribution is -2.65. The summed E-state index contributed by atoms with van der Waals surface area (Å²) in [6.45, 7) is 0.141. The third-order valence-electron chi connectivity index (χ3n) is 7.21. The number of hydrogen-bond acceptors (Lipinski definition) is 7. The maximum Gasteiger partial charge on any atom is 0.451 e. The van der Waals surface area contributed by atoms with Crippen molar-refractivity contribution in [2.24, 2.45) is 5.92 Å². The van der Waals surface area contributed by atoms with Crippen molar-refractivity contribution in [3.8, 4) is 5.75 Å². The van der Waals surface area contributed by atoms with E-state index in [4.69, 9.17) is 4.74 Å². The number of likely N-dealkylation sites (tertiary alicyclic amines) is 1. The first-order chi connectivity index (χ1) is 18.4. The Bertz CT molecular complexity index is 1230. The van der Waals surface area contributed by atoms with Crippen LogP contribution in [0.25, 0.3) is 0 Å². The fourth-order valence-electron chi connectivity index (χ4n) is 5.40. The highest BCUT2D eigenvalue weighted by Crippen LogP contribution is 2.35. The molecule has 212 valence electrons. The molecule has 1 aromatic heterocycles. The van der Waals surface area contributed by atoms with Gasteiger partial charge in [-0.25, -0.2) is 5.43 Å². The third-order valence-corrected chi connectivity index (χ3v) is 7.21. The van der Waals surface area contributed by atoms with Crippen molar-refractivity contribution in [3.63, 3.8) is 0 Å². The number of ether oxygens (including phenoxy) is 1. The van der Waals surface area contributed by atoms with Crippen LogP contribution in [-0.2, 0) is 24.1 Å². The van der Waals surface area contributed by atoms with Gasteiger partial charge in [0.1, 0.15) is 12.4 Å². The Balaban J connectivity index is 1.23. The largest absolute Gasteiger partial charge is 0.492 e. The van der Waals surface area contributed by atoms with Crippen LogP contribution in [0.15, 0.2) is 24.3 Å². The number of halogens is 6. The highest BCUT2D eigenvalue weighted by molar-refractivity contribution is 5.94. The fourth-order valence-corrected chi connectivity index (χ4v) is 5.40. The Hall–Kier alpha value is -3.40. The predicted octanol–water partition coefficient (Wildman–Crippen LogP) is 1.98. The summed E-state index contributed by atoms with van der Waals surface area (Å²) in [5, 5.41) is 6.79. The molecule has 3 atom stereocenters. The smallest absolute Gasteiger partial charge is 0.451 e. The molecule has 2 N–H and O–H groups in total. The molecule has 3 unspecified atom stereocenters. The van der Waals surface area contributed by atoms with Gasteiger partial charge in [-0.2, -0.15) is 26.3 Å². The van der Waals surface area contributed by atoms with Gasteiger partial charge in [0.2, 0.25) is 11.7 Å². The maximum absolute atomic E-state index is 13.6. The van der Waals surface area contributed by atoms with E-state index in [1.54, 1.807) is 17.0 Å². The van der Waals surface area contributed by atoms with Crippen molar-refractivity contribution >= 4 is 11.8 Å². The number of alkyl halides is 6. The first-order valence-corrected chi connectivity index (χ1v) is 12.3. The lowest BCUT2D eigenvalue weighted by Gasteiger charge is -2.40. The molecule has 0 aliphatic carbocycles. The minimum absolute atomic E-state index is 0.0262. The van der Waals surface area contributed by atoms with Gasteiger partial charge in [0, 0.05) is 37.3 Å². The lowest BCUT2D eigenvalue weighted by atomic mass is 9.94. The quantitative estimate of drug-likeness (QED) is 0.538. The van der Waals surface area contributed by atoms with Gasteiger partial charge < -0.3 is 14.2 Å². The van der Waals surface area contributed by atoms with Crippen LogP contribution in [0.5, 0.6) is 5.75 Å². The SMILES string of the molecule is O=C1NNCC(N2CCCC2COc2cccc(C(=O)N3CCn4c(nnc4C(F)(F)F)C3)c2)C1C(F)(F)F. The molecule has 0 bridgehead atoms. The molecule has 0 saturated carbocycles. The minimum Gasteiger partial charge on any atom is -0.492 e. The number of nitrogens with zero attached hydrogens (tertiary/aromatic N) is 5. The number of nitrogens with one attached hydrogen (secondary N) is 2. The van der Waals surface area contributed by atoms with E-state index in [-0.39, 0.29) is 50.2 Å². The summed E-state index contributed by atoms with van der Waals surface area (Å²) in [6, 6.07) is 4.75. The van der Waals surface area contributed by atoms with Crippen LogP contribution < -0.4 is 15.6 Å². The Morgan fingerprint density at radius 2 is 1.90 bits per heavy atom. The Morgan fingerprint density at radius 3 is 2.64 bits per heavy atom. The van der Waals surface area contributed by atoms with E-state index in [9.17, 15) is 35.9 Å². The van der Waals surface area contributed by atoms with Crippen molar-refractivity contribution in [2.45, 2.75) is 50.4 Å². The molecular formula is C23H25F6N7O3. The second-order valence-corrected chi connectivity index (χ2v) is 9.65. The van der Waals surface area contributed by atoms with Crippen LogP contribution in [0.4, 0.5) is 26.3 Å². The summed E-state index contributed by atoms with van der Waals surface area (Å²) in [5.41, 5.74) is 4.84. The number of hydrogen-bond donors (Lipinski definition) is 2. The van der Waals surface area contributed by atoms with Gasteiger partial charge in [0.05, 0.1) is 6.54 Å². The van der Waals surface area contributed by atoms with E-state index in [0.717, 1.165) is 4.57 Å². The van der Waals surface area contributed by atoms with Crippen LogP contribution in [0, 0.1) is 5.92 Å². The Labute approximate surface area is 218 Å². The van der Waals surface area contributed by atoms with E-state index in [1.165, 1.54) is 17.0 Å². The number of carbonyl (C=O) groups is 2. The van der Waals surface area contributed by atoms with Crippen molar-refractivity contribution in [2.75, 3.05) is 26.2 Å². The molecule has 3 aliphatic rings. The van der Waals surface area contributed by atoms with Crippen LogP contribution in [0.3, 0.4) is 0 Å². The summed E-state index contributed by atoms with van der Waals surface area (Å²) < 4.78 is 87.0. The molecule has 2 fully saturated rings. The highest BCUT2D eigenvalue weighted by Gasteiger charge is 2.54. The number of benzene rings is 1. The lowest BCUT2D eigenvalue weighted by molar-refractivity contribution is -0.201. The van der Waals surface area contributed by atoms with Gasteiger partial charge in [0.15, 0.2) is 11.7 Å². The number of aromatic nitrogens is 3. The second kappa shape index (κ2) is 10.3. The minimum atomic E-state index is -4.70. The molecule has 2 aromatic rings. The summed E-state index contributed by atoms with van der Waals surface area (Å²) >= 11 is 0. The monoisotopic (exact) mass is 561 g/mol. The summed E-state index contributed by atoms with van der Waals surface area (Å²) in [6.07, 6.45) is -8.12. The summed E-state index contributed by atoms with van der Waals surface area (Å²) in [5.74, 6) is -4.48. The van der Waals surface area contributed by atoms with Crippen molar-refractivity contribution in [1.29, 1.82) is 0 Å². The molecule has 4 heterocycles. The molecule has 5 rings (SSSR count). The first kappa shape index (κ1) is 27.2. The van der Waals surface area contributed by atoms with E-state index in [1.807, 2.05) is 0 Å². The number of amides is 2. The number of hydrazine groups is 1. The van der Waals surface area contributed by atoms with E-state index in [2.05, 4.69) is 21.0 Å². The Kier molecular flexibility index (Phi) is 7.17. The maximum atomic E-state index is 13.6. The average molecular weight is 561 g/mol. The standard InChI is InChI=1S/C23H25F6N7O3/c24-22(25,26)18-16(10-30-32-19(18)37)35-6-2-4-14(35)12-39-15-5-1-3-13(9-15)20(38)34-7-8-36-17(11-34)31-33-21(36)23(27,28)29/h1,3,5,9,14,16,18,30H,2,4,6-8,10-12H2,(H,32,37). The predicted molar refractivity (Wildman–Crippen MR) is 121 cm³/mol. The first-order valence-electron chi connectivity index (χ1n) is 12.3. The molecule has 3 aliphatic heterocycles. The summed E-state index contributed by atoms with van der Waals surface area (Å²) in [4.78, 5) is 28.1.